The van der Waals surface area contributed by atoms with Crippen LogP contribution in [0.5, 0.6) is 0 Å². The molecule has 0 aliphatic rings. The zero-order chi connectivity index (χ0) is 15.2. The lowest BCUT2D eigenvalue weighted by molar-refractivity contribution is -0.137. The lowest BCUT2D eigenvalue weighted by Gasteiger charge is -2.11. The number of hydrogen-bond acceptors (Lipinski definition) is 2. The third kappa shape index (κ3) is 5.61. The summed E-state index contributed by atoms with van der Waals surface area (Å²) in [6.07, 6.45) is -3.22. The van der Waals surface area contributed by atoms with E-state index in [4.69, 9.17) is 0 Å². The highest BCUT2D eigenvalue weighted by atomic mass is 19.4. The molecule has 0 saturated carbocycles. The minimum Gasteiger partial charge on any atom is -0.349 e. The Bertz CT molecular complexity index is 444. The fourth-order valence-corrected chi connectivity index (χ4v) is 1.68. The second-order valence-corrected chi connectivity index (χ2v) is 4.77. The van der Waals surface area contributed by atoms with Gasteiger partial charge in [-0.25, -0.2) is 0 Å². The molecule has 0 heterocycles. The lowest BCUT2D eigenvalue weighted by atomic mass is 10.1. The number of rotatable bonds is 6. The Balaban J connectivity index is 2.34. The van der Waals surface area contributed by atoms with E-state index in [9.17, 15) is 18.0 Å². The topological polar surface area (TPSA) is 32.3 Å². The molecule has 6 heteroatoms. The van der Waals surface area contributed by atoms with Gasteiger partial charge in [0.25, 0.3) is 0 Å². The Hall–Kier alpha value is -1.56. The lowest BCUT2D eigenvalue weighted by Crippen LogP contribution is -2.23. The van der Waals surface area contributed by atoms with E-state index in [2.05, 4.69) is 5.32 Å². The van der Waals surface area contributed by atoms with Gasteiger partial charge < -0.3 is 10.2 Å². The standard InChI is InChI=1S/C14H19F3N2O/c1-19(2)13(20)7-4-8-18-10-11-5-3-6-12(9-11)14(15,16)17/h3,5-6,9,18H,4,7-8,10H2,1-2H3. The number of amides is 1. The highest BCUT2D eigenvalue weighted by Gasteiger charge is 2.30. The zero-order valence-corrected chi connectivity index (χ0v) is 11.6. The maximum atomic E-state index is 12.5. The molecule has 0 fully saturated rings. The molecule has 1 N–H and O–H groups in total. The molecule has 1 aromatic carbocycles. The first-order valence-corrected chi connectivity index (χ1v) is 6.37. The molecule has 0 unspecified atom stereocenters. The van der Waals surface area contributed by atoms with Gasteiger partial charge in [-0.2, -0.15) is 13.2 Å². The van der Waals surface area contributed by atoms with Crippen LogP contribution in [0.4, 0.5) is 13.2 Å². The van der Waals surface area contributed by atoms with E-state index in [-0.39, 0.29) is 5.91 Å². The molecule has 1 aromatic rings. The molecule has 0 spiro atoms. The van der Waals surface area contributed by atoms with Crippen molar-refractivity contribution in [2.75, 3.05) is 20.6 Å². The van der Waals surface area contributed by atoms with Crippen LogP contribution >= 0.6 is 0 Å². The average molecular weight is 288 g/mol. The molecular formula is C14H19F3N2O. The molecule has 0 saturated heterocycles. The van der Waals surface area contributed by atoms with Crippen molar-refractivity contribution in [2.24, 2.45) is 0 Å². The predicted octanol–water partition coefficient (Wildman–Crippen LogP) is 2.66. The van der Waals surface area contributed by atoms with Gasteiger partial charge in [0.2, 0.25) is 5.91 Å². The Morgan fingerprint density at radius 3 is 2.60 bits per heavy atom. The maximum Gasteiger partial charge on any atom is 0.416 e. The summed E-state index contributed by atoms with van der Waals surface area (Å²) in [5.74, 6) is 0.0471. The van der Waals surface area contributed by atoms with Crippen LogP contribution in [-0.4, -0.2) is 31.4 Å². The Labute approximate surface area is 116 Å². The number of benzene rings is 1. The first kappa shape index (κ1) is 16.5. The number of alkyl halides is 3. The summed E-state index contributed by atoms with van der Waals surface area (Å²) < 4.78 is 37.5. The van der Waals surface area contributed by atoms with E-state index in [0.717, 1.165) is 12.1 Å². The fraction of sp³-hybridized carbons (Fsp3) is 0.500. The van der Waals surface area contributed by atoms with Gasteiger partial charge in [-0.1, -0.05) is 18.2 Å². The van der Waals surface area contributed by atoms with Crippen LogP contribution in [0.2, 0.25) is 0 Å². The van der Waals surface area contributed by atoms with E-state index in [1.54, 1.807) is 20.2 Å². The molecule has 0 atom stereocenters. The number of hydrogen-bond donors (Lipinski definition) is 1. The van der Waals surface area contributed by atoms with E-state index in [0.29, 0.717) is 31.5 Å². The quantitative estimate of drug-likeness (QED) is 0.816. The maximum absolute atomic E-state index is 12.5. The van der Waals surface area contributed by atoms with Crippen LogP contribution in [0.15, 0.2) is 24.3 Å². The normalized spacial score (nSPS) is 11.4. The first-order valence-electron chi connectivity index (χ1n) is 6.37. The predicted molar refractivity (Wildman–Crippen MR) is 71.1 cm³/mol. The van der Waals surface area contributed by atoms with Crippen molar-refractivity contribution in [2.45, 2.75) is 25.6 Å². The number of nitrogens with one attached hydrogen (secondary N) is 1. The molecular weight excluding hydrogens is 269 g/mol. The molecule has 0 aliphatic carbocycles. The van der Waals surface area contributed by atoms with Crippen molar-refractivity contribution in [3.63, 3.8) is 0 Å². The third-order valence-electron chi connectivity index (χ3n) is 2.83. The van der Waals surface area contributed by atoms with Crippen LogP contribution in [0.25, 0.3) is 0 Å². The zero-order valence-electron chi connectivity index (χ0n) is 11.6. The second-order valence-electron chi connectivity index (χ2n) is 4.77. The summed E-state index contributed by atoms with van der Waals surface area (Å²) in [7, 11) is 3.39. The molecule has 0 bridgehead atoms. The Kier molecular flexibility index (Phi) is 6.01. The van der Waals surface area contributed by atoms with Crippen LogP contribution in [0.1, 0.15) is 24.0 Å². The molecule has 0 aromatic heterocycles. The average Bonchev–Trinajstić information content (AvgIpc) is 2.37. The number of carbonyl (C=O) groups is 1. The fourth-order valence-electron chi connectivity index (χ4n) is 1.68. The van der Waals surface area contributed by atoms with Gasteiger partial charge in [-0.05, 0) is 24.6 Å². The Morgan fingerprint density at radius 2 is 2.00 bits per heavy atom. The highest BCUT2D eigenvalue weighted by molar-refractivity contribution is 5.75. The third-order valence-corrected chi connectivity index (χ3v) is 2.83. The van der Waals surface area contributed by atoms with Crippen LogP contribution in [0, 0.1) is 0 Å². The van der Waals surface area contributed by atoms with E-state index in [1.165, 1.54) is 11.0 Å². The van der Waals surface area contributed by atoms with Crippen molar-refractivity contribution < 1.29 is 18.0 Å². The molecule has 0 radical (unpaired) electrons. The van der Waals surface area contributed by atoms with Crippen molar-refractivity contribution in [1.82, 2.24) is 10.2 Å². The largest absolute Gasteiger partial charge is 0.416 e. The van der Waals surface area contributed by atoms with Gasteiger partial charge in [0.05, 0.1) is 5.56 Å². The van der Waals surface area contributed by atoms with E-state index in [1.807, 2.05) is 0 Å². The molecule has 20 heavy (non-hydrogen) atoms. The Morgan fingerprint density at radius 1 is 1.30 bits per heavy atom. The van der Waals surface area contributed by atoms with E-state index < -0.39 is 11.7 Å². The SMILES string of the molecule is CN(C)C(=O)CCCNCc1cccc(C(F)(F)F)c1. The first-order chi connectivity index (χ1) is 9.30. The van der Waals surface area contributed by atoms with Crippen LogP contribution in [-0.2, 0) is 17.5 Å². The van der Waals surface area contributed by atoms with Gasteiger partial charge in [0.1, 0.15) is 0 Å². The summed E-state index contributed by atoms with van der Waals surface area (Å²) in [5, 5.41) is 3.04. The summed E-state index contributed by atoms with van der Waals surface area (Å²) >= 11 is 0. The van der Waals surface area contributed by atoms with Crippen molar-refractivity contribution in [3.8, 4) is 0 Å². The van der Waals surface area contributed by atoms with Crippen LogP contribution < -0.4 is 5.32 Å². The van der Waals surface area contributed by atoms with Gasteiger partial charge in [-0.15, -0.1) is 0 Å². The van der Waals surface area contributed by atoms with Gasteiger partial charge in [0, 0.05) is 27.1 Å². The molecule has 0 aliphatic heterocycles. The minimum absolute atomic E-state index is 0.0471. The molecule has 1 rings (SSSR count). The molecule has 1 amide bonds. The molecule has 3 nitrogen and oxygen atoms in total. The van der Waals surface area contributed by atoms with Crippen molar-refractivity contribution in [3.05, 3.63) is 35.4 Å². The smallest absolute Gasteiger partial charge is 0.349 e. The summed E-state index contributed by atoms with van der Waals surface area (Å²) in [6, 6.07) is 5.24. The van der Waals surface area contributed by atoms with Gasteiger partial charge in [0.15, 0.2) is 0 Å². The number of halogens is 3. The highest BCUT2D eigenvalue weighted by Crippen LogP contribution is 2.29. The van der Waals surface area contributed by atoms with Crippen LogP contribution in [0.3, 0.4) is 0 Å². The number of carbonyl (C=O) groups excluding carboxylic acids is 1. The van der Waals surface area contributed by atoms with Gasteiger partial charge >= 0.3 is 6.18 Å². The second kappa shape index (κ2) is 7.28. The molecule has 112 valence electrons. The monoisotopic (exact) mass is 288 g/mol. The summed E-state index contributed by atoms with van der Waals surface area (Å²) in [5.41, 5.74) is -0.0571. The minimum atomic E-state index is -4.31. The number of nitrogens with zero attached hydrogens (tertiary/aromatic N) is 1. The van der Waals surface area contributed by atoms with E-state index >= 15 is 0 Å². The summed E-state index contributed by atoms with van der Waals surface area (Å²) in [6.45, 7) is 0.954. The summed E-state index contributed by atoms with van der Waals surface area (Å²) in [4.78, 5) is 12.8. The van der Waals surface area contributed by atoms with Crippen molar-refractivity contribution >= 4 is 5.91 Å². The van der Waals surface area contributed by atoms with Crippen molar-refractivity contribution in [1.29, 1.82) is 0 Å². The van der Waals surface area contributed by atoms with Gasteiger partial charge in [-0.3, -0.25) is 4.79 Å².